The van der Waals surface area contributed by atoms with E-state index in [4.69, 9.17) is 0 Å². The molecule has 1 fully saturated rings. The van der Waals surface area contributed by atoms with Gasteiger partial charge in [0.2, 0.25) is 10.0 Å². The van der Waals surface area contributed by atoms with E-state index in [-0.39, 0.29) is 0 Å². The van der Waals surface area contributed by atoms with Gasteiger partial charge in [-0.3, -0.25) is 0 Å². The quantitative estimate of drug-likeness (QED) is 0.800. The molecule has 0 aliphatic carbocycles. The summed E-state index contributed by atoms with van der Waals surface area (Å²) in [5.41, 5.74) is 1.08. The van der Waals surface area contributed by atoms with Crippen LogP contribution in [0.25, 0.3) is 0 Å². The molecule has 1 aromatic rings. The van der Waals surface area contributed by atoms with Crippen LogP contribution in [0.3, 0.4) is 0 Å². The first-order valence-electron chi connectivity index (χ1n) is 8.57. The van der Waals surface area contributed by atoms with Crippen molar-refractivity contribution in [2.24, 2.45) is 5.92 Å². The van der Waals surface area contributed by atoms with Gasteiger partial charge in [-0.25, -0.2) is 8.42 Å². The Bertz CT molecular complexity index is 588. The van der Waals surface area contributed by atoms with Gasteiger partial charge in [0.05, 0.1) is 4.90 Å². The molecule has 0 atom stereocenters. The predicted octanol–water partition coefficient (Wildman–Crippen LogP) is 3.13. The molecule has 1 saturated heterocycles. The fraction of sp³-hybridized carbons (Fsp3) is 0.667. The van der Waals surface area contributed by atoms with Gasteiger partial charge in [0.15, 0.2) is 0 Å². The maximum atomic E-state index is 12.7. The average Bonchev–Trinajstić information content (AvgIpc) is 2.53. The SMILES string of the molecule is Cc1ccc(S(=O)(=O)N2CCC(N(C)CCC(C)C)CC2)cc1. The zero-order valence-corrected chi connectivity index (χ0v) is 15.6. The minimum absolute atomic E-state index is 0.412. The Labute approximate surface area is 141 Å². The fourth-order valence-electron chi connectivity index (χ4n) is 3.03. The third-order valence-electron chi connectivity index (χ3n) is 4.76. The Hall–Kier alpha value is -0.910. The highest BCUT2D eigenvalue weighted by molar-refractivity contribution is 7.89. The van der Waals surface area contributed by atoms with E-state index >= 15 is 0 Å². The van der Waals surface area contributed by atoms with Crippen molar-refractivity contribution < 1.29 is 8.42 Å². The van der Waals surface area contributed by atoms with E-state index in [2.05, 4.69) is 25.8 Å². The predicted molar refractivity (Wildman–Crippen MR) is 95.0 cm³/mol. The van der Waals surface area contributed by atoms with Crippen LogP contribution >= 0.6 is 0 Å². The number of nitrogens with zero attached hydrogens (tertiary/aromatic N) is 2. The molecule has 1 aromatic carbocycles. The van der Waals surface area contributed by atoms with Crippen molar-refractivity contribution in [3.63, 3.8) is 0 Å². The van der Waals surface area contributed by atoms with Gasteiger partial charge in [0.25, 0.3) is 0 Å². The molecular weight excluding hydrogens is 308 g/mol. The summed E-state index contributed by atoms with van der Waals surface area (Å²) in [7, 11) is -1.17. The van der Waals surface area contributed by atoms with Crippen LogP contribution in [0, 0.1) is 12.8 Å². The lowest BCUT2D eigenvalue weighted by Crippen LogP contribution is -2.45. The lowest BCUT2D eigenvalue weighted by molar-refractivity contribution is 0.162. The van der Waals surface area contributed by atoms with E-state index in [0.717, 1.165) is 24.9 Å². The van der Waals surface area contributed by atoms with Gasteiger partial charge in [-0.2, -0.15) is 4.31 Å². The number of piperidine rings is 1. The van der Waals surface area contributed by atoms with Crippen molar-refractivity contribution in [3.8, 4) is 0 Å². The molecule has 5 heteroatoms. The summed E-state index contributed by atoms with van der Waals surface area (Å²) in [5.74, 6) is 0.708. The summed E-state index contributed by atoms with van der Waals surface area (Å²) in [6.07, 6.45) is 3.03. The minimum atomic E-state index is -3.34. The van der Waals surface area contributed by atoms with Gasteiger partial charge < -0.3 is 4.90 Å². The lowest BCUT2D eigenvalue weighted by atomic mass is 10.0. The molecule has 0 amide bonds. The molecule has 4 nitrogen and oxygen atoms in total. The molecule has 0 spiro atoms. The van der Waals surface area contributed by atoms with E-state index in [1.807, 2.05) is 19.1 Å². The lowest BCUT2D eigenvalue weighted by Gasteiger charge is -2.36. The number of sulfonamides is 1. The van der Waals surface area contributed by atoms with Crippen LogP contribution in [0.15, 0.2) is 29.2 Å². The number of hydrogen-bond acceptors (Lipinski definition) is 3. The molecule has 1 heterocycles. The molecule has 0 N–H and O–H groups in total. The Balaban J connectivity index is 1.94. The van der Waals surface area contributed by atoms with Gasteiger partial charge in [-0.05, 0) is 57.8 Å². The third kappa shape index (κ3) is 4.78. The molecule has 23 heavy (non-hydrogen) atoms. The Morgan fingerprint density at radius 2 is 1.74 bits per heavy atom. The zero-order valence-electron chi connectivity index (χ0n) is 14.8. The van der Waals surface area contributed by atoms with Crippen molar-refractivity contribution in [1.82, 2.24) is 9.21 Å². The molecule has 0 saturated carbocycles. The van der Waals surface area contributed by atoms with Crippen LogP contribution < -0.4 is 0 Å². The number of hydrogen-bond donors (Lipinski definition) is 0. The normalized spacial score (nSPS) is 18.0. The standard InChI is InChI=1S/C18H30N2O2S/c1-15(2)9-12-19(4)17-10-13-20(14-11-17)23(21,22)18-7-5-16(3)6-8-18/h5-8,15,17H,9-14H2,1-4H3. The van der Waals surface area contributed by atoms with Gasteiger partial charge in [0, 0.05) is 19.1 Å². The largest absolute Gasteiger partial charge is 0.303 e. The molecule has 1 aliphatic heterocycles. The van der Waals surface area contributed by atoms with Gasteiger partial charge in [0.1, 0.15) is 0 Å². The molecular formula is C18H30N2O2S. The Kier molecular flexibility index (Phi) is 6.23. The van der Waals surface area contributed by atoms with Crippen LogP contribution in [-0.4, -0.2) is 50.3 Å². The molecule has 0 unspecified atom stereocenters. The first kappa shape index (κ1) is 18.4. The summed E-state index contributed by atoms with van der Waals surface area (Å²) < 4.78 is 27.0. The highest BCUT2D eigenvalue weighted by atomic mass is 32.2. The van der Waals surface area contributed by atoms with Gasteiger partial charge in [-0.1, -0.05) is 31.5 Å². The van der Waals surface area contributed by atoms with Crippen molar-refractivity contribution >= 4 is 10.0 Å². The maximum absolute atomic E-state index is 12.7. The second kappa shape index (κ2) is 7.77. The Morgan fingerprint density at radius 3 is 2.26 bits per heavy atom. The monoisotopic (exact) mass is 338 g/mol. The van der Waals surface area contributed by atoms with E-state index in [1.165, 1.54) is 6.42 Å². The van der Waals surface area contributed by atoms with Crippen molar-refractivity contribution in [1.29, 1.82) is 0 Å². The van der Waals surface area contributed by atoms with Crippen LogP contribution in [0.5, 0.6) is 0 Å². The Morgan fingerprint density at radius 1 is 1.17 bits per heavy atom. The van der Waals surface area contributed by atoms with Crippen LogP contribution in [0.1, 0.15) is 38.7 Å². The summed E-state index contributed by atoms with van der Waals surface area (Å²) in [6.45, 7) is 8.77. The first-order valence-corrected chi connectivity index (χ1v) is 10.0. The highest BCUT2D eigenvalue weighted by Gasteiger charge is 2.30. The molecule has 0 bridgehead atoms. The topological polar surface area (TPSA) is 40.6 Å². The molecule has 1 aliphatic rings. The summed E-state index contributed by atoms with van der Waals surface area (Å²) >= 11 is 0. The van der Waals surface area contributed by atoms with Gasteiger partial charge >= 0.3 is 0 Å². The smallest absolute Gasteiger partial charge is 0.243 e. The number of aryl methyl sites for hydroxylation is 1. The summed E-state index contributed by atoms with van der Waals surface area (Å²) in [4.78, 5) is 2.81. The van der Waals surface area contributed by atoms with Crippen molar-refractivity contribution in [2.45, 2.75) is 51.0 Å². The van der Waals surface area contributed by atoms with E-state index in [9.17, 15) is 8.42 Å². The number of rotatable bonds is 6. The fourth-order valence-corrected chi connectivity index (χ4v) is 4.50. The van der Waals surface area contributed by atoms with Crippen molar-refractivity contribution in [3.05, 3.63) is 29.8 Å². The maximum Gasteiger partial charge on any atom is 0.243 e. The second-order valence-corrected chi connectivity index (χ2v) is 9.05. The van der Waals surface area contributed by atoms with E-state index in [0.29, 0.717) is 29.9 Å². The number of benzene rings is 1. The van der Waals surface area contributed by atoms with E-state index in [1.54, 1.807) is 16.4 Å². The molecule has 0 radical (unpaired) electrons. The first-order chi connectivity index (χ1) is 10.8. The minimum Gasteiger partial charge on any atom is -0.303 e. The summed E-state index contributed by atoms with van der Waals surface area (Å²) in [6, 6.07) is 7.65. The van der Waals surface area contributed by atoms with Gasteiger partial charge in [-0.15, -0.1) is 0 Å². The average molecular weight is 339 g/mol. The molecule has 2 rings (SSSR count). The summed E-state index contributed by atoms with van der Waals surface area (Å²) in [5, 5.41) is 0. The second-order valence-electron chi connectivity index (χ2n) is 7.11. The van der Waals surface area contributed by atoms with Crippen LogP contribution in [0.4, 0.5) is 0 Å². The van der Waals surface area contributed by atoms with E-state index < -0.39 is 10.0 Å². The van der Waals surface area contributed by atoms with Crippen LogP contribution in [-0.2, 0) is 10.0 Å². The molecule has 130 valence electrons. The zero-order chi connectivity index (χ0) is 17.0. The highest BCUT2D eigenvalue weighted by Crippen LogP contribution is 2.23. The molecule has 0 aromatic heterocycles. The van der Waals surface area contributed by atoms with Crippen LogP contribution in [0.2, 0.25) is 0 Å². The third-order valence-corrected chi connectivity index (χ3v) is 6.68. The van der Waals surface area contributed by atoms with Crippen molar-refractivity contribution in [2.75, 3.05) is 26.7 Å².